The second-order valence-electron chi connectivity index (χ2n) is 4.98. The highest BCUT2D eigenvalue weighted by Gasteiger charge is 2.16. The van der Waals surface area contributed by atoms with Crippen molar-refractivity contribution in [2.75, 3.05) is 11.9 Å². The van der Waals surface area contributed by atoms with E-state index in [4.69, 9.17) is 5.26 Å². The topological polar surface area (TPSA) is 35.8 Å². The summed E-state index contributed by atoms with van der Waals surface area (Å²) in [4.78, 5) is 0. The summed E-state index contributed by atoms with van der Waals surface area (Å²) in [5, 5.41) is 11.9. The number of nitriles is 1. The fourth-order valence-electron chi connectivity index (χ4n) is 1.68. The molecule has 1 rings (SSSR count). The smallest absolute Gasteiger partial charge is 0.0622 e. The molecular weight excluding hydrogens is 196 g/mol. The summed E-state index contributed by atoms with van der Waals surface area (Å²) in [7, 11) is 0. The van der Waals surface area contributed by atoms with Crippen LogP contribution in [0.1, 0.15) is 39.2 Å². The summed E-state index contributed by atoms with van der Waals surface area (Å²) in [6.07, 6.45) is 1.51. The van der Waals surface area contributed by atoms with Crippen molar-refractivity contribution >= 4 is 5.69 Å². The molecular formula is C14H20N2. The Morgan fingerprint density at radius 3 is 2.56 bits per heavy atom. The van der Waals surface area contributed by atoms with Crippen molar-refractivity contribution in [1.82, 2.24) is 0 Å². The van der Waals surface area contributed by atoms with E-state index in [9.17, 15) is 0 Å². The van der Waals surface area contributed by atoms with Gasteiger partial charge in [0.15, 0.2) is 0 Å². The predicted octanol–water partition coefficient (Wildman–Crippen LogP) is 3.70. The van der Waals surface area contributed by atoms with Crippen LogP contribution in [-0.2, 0) is 5.41 Å². The molecule has 0 aliphatic carbocycles. The summed E-state index contributed by atoms with van der Waals surface area (Å²) in [5.41, 5.74) is 2.67. The monoisotopic (exact) mass is 216 g/mol. The van der Waals surface area contributed by atoms with Gasteiger partial charge in [0.2, 0.25) is 0 Å². The highest BCUT2D eigenvalue weighted by atomic mass is 14.9. The first-order valence-corrected chi connectivity index (χ1v) is 5.76. The minimum atomic E-state index is 0.152. The molecule has 0 aliphatic heterocycles. The second-order valence-corrected chi connectivity index (χ2v) is 4.98. The maximum atomic E-state index is 8.47. The lowest BCUT2D eigenvalue weighted by Crippen LogP contribution is -2.15. The van der Waals surface area contributed by atoms with Gasteiger partial charge in [-0.05, 0) is 23.5 Å². The van der Waals surface area contributed by atoms with E-state index in [2.05, 4.69) is 50.4 Å². The molecule has 2 nitrogen and oxygen atoms in total. The van der Waals surface area contributed by atoms with Crippen LogP contribution in [0.15, 0.2) is 24.3 Å². The fraction of sp³-hybridized carbons (Fsp3) is 0.500. The third kappa shape index (κ3) is 3.58. The van der Waals surface area contributed by atoms with E-state index in [1.807, 2.05) is 6.07 Å². The molecule has 1 aromatic carbocycles. The lowest BCUT2D eigenvalue weighted by molar-refractivity contribution is 0.591. The molecule has 0 saturated carbocycles. The Balaban J connectivity index is 2.69. The molecule has 0 aliphatic rings. The largest absolute Gasteiger partial charge is 0.385 e. The molecule has 16 heavy (non-hydrogen) atoms. The number of anilines is 1. The number of hydrogen-bond donors (Lipinski definition) is 1. The van der Waals surface area contributed by atoms with Crippen LogP contribution in [0.4, 0.5) is 5.69 Å². The highest BCUT2D eigenvalue weighted by molar-refractivity contribution is 5.54. The molecule has 1 aromatic rings. The SMILES string of the molecule is CC(C)(C)c1ccccc1NCCCC#N. The molecule has 0 aromatic heterocycles. The minimum Gasteiger partial charge on any atom is -0.385 e. The van der Waals surface area contributed by atoms with Gasteiger partial charge in [0.1, 0.15) is 0 Å². The molecule has 0 fully saturated rings. The zero-order valence-electron chi connectivity index (χ0n) is 10.4. The summed E-state index contributed by atoms with van der Waals surface area (Å²) < 4.78 is 0. The van der Waals surface area contributed by atoms with E-state index in [0.29, 0.717) is 6.42 Å². The zero-order valence-corrected chi connectivity index (χ0v) is 10.4. The number of unbranched alkanes of at least 4 members (excludes halogenated alkanes) is 1. The highest BCUT2D eigenvalue weighted by Crippen LogP contribution is 2.29. The fourth-order valence-corrected chi connectivity index (χ4v) is 1.68. The van der Waals surface area contributed by atoms with Crippen molar-refractivity contribution in [3.63, 3.8) is 0 Å². The van der Waals surface area contributed by atoms with Crippen molar-refractivity contribution in [3.05, 3.63) is 29.8 Å². The molecule has 0 bridgehead atoms. The predicted molar refractivity (Wildman–Crippen MR) is 68.5 cm³/mol. The normalized spacial score (nSPS) is 10.9. The van der Waals surface area contributed by atoms with E-state index < -0.39 is 0 Å². The standard InChI is InChI=1S/C14H20N2/c1-14(2,3)12-8-4-5-9-13(12)16-11-7-6-10-15/h4-5,8-9,16H,6-7,11H2,1-3H3. The first kappa shape index (κ1) is 12.6. The average Bonchev–Trinajstić information content (AvgIpc) is 2.24. The number of nitrogens with one attached hydrogen (secondary N) is 1. The molecule has 1 N–H and O–H groups in total. The van der Waals surface area contributed by atoms with Crippen LogP contribution in [-0.4, -0.2) is 6.54 Å². The number of nitrogens with zero attached hydrogens (tertiary/aromatic N) is 1. The Kier molecular flexibility index (Phi) is 4.37. The van der Waals surface area contributed by atoms with Crippen molar-refractivity contribution in [2.24, 2.45) is 0 Å². The molecule has 0 spiro atoms. The van der Waals surface area contributed by atoms with E-state index in [-0.39, 0.29) is 5.41 Å². The van der Waals surface area contributed by atoms with Crippen LogP contribution in [0.2, 0.25) is 0 Å². The third-order valence-corrected chi connectivity index (χ3v) is 2.52. The van der Waals surface area contributed by atoms with Crippen molar-refractivity contribution in [3.8, 4) is 6.07 Å². The number of benzene rings is 1. The van der Waals surface area contributed by atoms with Crippen molar-refractivity contribution in [1.29, 1.82) is 5.26 Å². The summed E-state index contributed by atoms with van der Waals surface area (Å²) in [5.74, 6) is 0. The lowest BCUT2D eigenvalue weighted by atomic mass is 9.86. The van der Waals surface area contributed by atoms with Crippen LogP contribution in [0, 0.1) is 11.3 Å². The van der Waals surface area contributed by atoms with E-state index in [0.717, 1.165) is 13.0 Å². The van der Waals surface area contributed by atoms with E-state index in [1.54, 1.807) is 0 Å². The Labute approximate surface area is 98.3 Å². The summed E-state index contributed by atoms with van der Waals surface area (Å²) in [6.45, 7) is 7.50. The molecule has 0 amide bonds. The van der Waals surface area contributed by atoms with Crippen LogP contribution in [0.5, 0.6) is 0 Å². The van der Waals surface area contributed by atoms with E-state index in [1.165, 1.54) is 11.3 Å². The first-order valence-electron chi connectivity index (χ1n) is 5.76. The summed E-state index contributed by atoms with van der Waals surface area (Å²) in [6, 6.07) is 10.5. The van der Waals surface area contributed by atoms with Gasteiger partial charge in [-0.25, -0.2) is 0 Å². The molecule has 0 atom stereocenters. The Morgan fingerprint density at radius 2 is 1.94 bits per heavy atom. The maximum Gasteiger partial charge on any atom is 0.0622 e. The van der Waals surface area contributed by atoms with Crippen LogP contribution < -0.4 is 5.32 Å². The van der Waals surface area contributed by atoms with Crippen LogP contribution in [0.3, 0.4) is 0 Å². The maximum absolute atomic E-state index is 8.47. The Morgan fingerprint density at radius 1 is 1.25 bits per heavy atom. The first-order chi connectivity index (χ1) is 7.55. The Hall–Kier alpha value is -1.49. The van der Waals surface area contributed by atoms with Gasteiger partial charge < -0.3 is 5.32 Å². The molecule has 0 unspecified atom stereocenters. The van der Waals surface area contributed by atoms with Gasteiger partial charge >= 0.3 is 0 Å². The van der Waals surface area contributed by atoms with Gasteiger partial charge in [-0.2, -0.15) is 5.26 Å². The second kappa shape index (κ2) is 5.55. The minimum absolute atomic E-state index is 0.152. The van der Waals surface area contributed by atoms with Gasteiger partial charge in [0.05, 0.1) is 6.07 Å². The third-order valence-electron chi connectivity index (χ3n) is 2.52. The van der Waals surface area contributed by atoms with Crippen LogP contribution in [0.25, 0.3) is 0 Å². The molecule has 0 saturated heterocycles. The zero-order chi connectivity index (χ0) is 12.0. The summed E-state index contributed by atoms with van der Waals surface area (Å²) >= 11 is 0. The number of hydrogen-bond acceptors (Lipinski definition) is 2. The van der Waals surface area contributed by atoms with Crippen LogP contribution >= 0.6 is 0 Å². The van der Waals surface area contributed by atoms with Crippen molar-refractivity contribution in [2.45, 2.75) is 39.0 Å². The van der Waals surface area contributed by atoms with E-state index >= 15 is 0 Å². The van der Waals surface area contributed by atoms with Gasteiger partial charge in [0.25, 0.3) is 0 Å². The number of rotatable bonds is 4. The number of para-hydroxylation sites is 1. The van der Waals surface area contributed by atoms with Crippen molar-refractivity contribution < 1.29 is 0 Å². The molecule has 2 heteroatoms. The van der Waals surface area contributed by atoms with Gasteiger partial charge in [-0.1, -0.05) is 39.0 Å². The van der Waals surface area contributed by atoms with Gasteiger partial charge in [0, 0.05) is 18.7 Å². The average molecular weight is 216 g/mol. The quantitative estimate of drug-likeness (QED) is 0.779. The Bertz CT molecular complexity index is 369. The molecule has 0 heterocycles. The van der Waals surface area contributed by atoms with Gasteiger partial charge in [-0.15, -0.1) is 0 Å². The molecule has 86 valence electrons. The molecule has 0 radical (unpaired) electrons. The van der Waals surface area contributed by atoms with Gasteiger partial charge in [-0.3, -0.25) is 0 Å². The lowest BCUT2D eigenvalue weighted by Gasteiger charge is -2.23.